The molecule has 0 bridgehead atoms. The van der Waals surface area contributed by atoms with Crippen LogP contribution >= 0.6 is 0 Å². The molecule has 0 unspecified atom stereocenters. The van der Waals surface area contributed by atoms with Crippen molar-refractivity contribution < 1.29 is 18.6 Å². The summed E-state index contributed by atoms with van der Waals surface area (Å²) in [6.07, 6.45) is 1.39. The highest BCUT2D eigenvalue weighted by Crippen LogP contribution is 2.17. The van der Waals surface area contributed by atoms with Gasteiger partial charge in [-0.3, -0.25) is 4.98 Å². The van der Waals surface area contributed by atoms with Crippen LogP contribution in [0.2, 0.25) is 0 Å². The van der Waals surface area contributed by atoms with Crippen molar-refractivity contribution in [1.29, 1.82) is 0 Å². The van der Waals surface area contributed by atoms with E-state index in [2.05, 4.69) is 9.72 Å². The molecule has 3 nitrogen and oxygen atoms in total. The van der Waals surface area contributed by atoms with Crippen LogP contribution in [-0.4, -0.2) is 16.7 Å². The van der Waals surface area contributed by atoms with Gasteiger partial charge in [0.1, 0.15) is 11.4 Å². The molecule has 66 valence electrons. The molecule has 0 aromatic carbocycles. The molecular formula is C7H7F2NO2. The molecule has 1 aromatic heterocycles. The Labute approximate surface area is 67.6 Å². The highest BCUT2D eigenvalue weighted by molar-refractivity contribution is 5.25. The van der Waals surface area contributed by atoms with Gasteiger partial charge in [-0.05, 0) is 12.1 Å². The summed E-state index contributed by atoms with van der Waals surface area (Å²) in [7, 11) is 0. The maximum atomic E-state index is 11.7. The lowest BCUT2D eigenvalue weighted by Crippen LogP contribution is -2.05. The van der Waals surface area contributed by atoms with Crippen molar-refractivity contribution in [2.24, 2.45) is 0 Å². The van der Waals surface area contributed by atoms with E-state index in [1.165, 1.54) is 18.3 Å². The molecule has 1 heterocycles. The van der Waals surface area contributed by atoms with Gasteiger partial charge in [0.2, 0.25) is 0 Å². The van der Waals surface area contributed by atoms with Gasteiger partial charge in [-0.25, -0.2) is 0 Å². The predicted molar refractivity (Wildman–Crippen MR) is 36.8 cm³/mol. The molecule has 0 fully saturated rings. The smallest absolute Gasteiger partial charge is 0.387 e. The van der Waals surface area contributed by atoms with E-state index in [1.807, 2.05) is 0 Å². The fourth-order valence-corrected chi connectivity index (χ4v) is 0.745. The standard InChI is InChI=1S/C7H7F2NO2/c8-7(9)12-6-2-1-3-10-5(6)4-11/h1-3,7,11H,4H2. The van der Waals surface area contributed by atoms with Gasteiger partial charge in [-0.15, -0.1) is 0 Å². The summed E-state index contributed by atoms with van der Waals surface area (Å²) >= 11 is 0. The molecule has 1 N–H and O–H groups in total. The van der Waals surface area contributed by atoms with E-state index in [1.54, 1.807) is 0 Å². The van der Waals surface area contributed by atoms with Gasteiger partial charge in [0.15, 0.2) is 0 Å². The second kappa shape index (κ2) is 3.96. The van der Waals surface area contributed by atoms with E-state index in [4.69, 9.17) is 5.11 Å². The van der Waals surface area contributed by atoms with Crippen LogP contribution in [0.15, 0.2) is 18.3 Å². The van der Waals surface area contributed by atoms with Gasteiger partial charge >= 0.3 is 6.61 Å². The monoisotopic (exact) mass is 175 g/mol. The zero-order valence-electron chi connectivity index (χ0n) is 6.08. The summed E-state index contributed by atoms with van der Waals surface area (Å²) in [5, 5.41) is 8.64. The Balaban J connectivity index is 2.82. The number of aromatic nitrogens is 1. The number of hydrogen-bond donors (Lipinski definition) is 1. The van der Waals surface area contributed by atoms with Gasteiger partial charge in [0.05, 0.1) is 6.61 Å². The van der Waals surface area contributed by atoms with Crippen LogP contribution in [0.4, 0.5) is 8.78 Å². The van der Waals surface area contributed by atoms with Gasteiger partial charge in [-0.1, -0.05) is 0 Å². The molecule has 12 heavy (non-hydrogen) atoms. The second-order valence-electron chi connectivity index (χ2n) is 1.98. The number of pyridine rings is 1. The maximum Gasteiger partial charge on any atom is 0.387 e. The predicted octanol–water partition coefficient (Wildman–Crippen LogP) is 1.18. The largest absolute Gasteiger partial charge is 0.433 e. The average Bonchev–Trinajstić information content (AvgIpc) is 2.04. The van der Waals surface area contributed by atoms with E-state index < -0.39 is 13.2 Å². The Bertz CT molecular complexity index is 255. The lowest BCUT2D eigenvalue weighted by molar-refractivity contribution is -0.0512. The molecule has 0 aliphatic carbocycles. The van der Waals surface area contributed by atoms with Gasteiger partial charge in [0.25, 0.3) is 0 Å². The highest BCUT2D eigenvalue weighted by Gasteiger charge is 2.08. The van der Waals surface area contributed by atoms with E-state index in [0.29, 0.717) is 0 Å². The van der Waals surface area contributed by atoms with Crippen molar-refractivity contribution >= 4 is 0 Å². The van der Waals surface area contributed by atoms with Crippen LogP contribution in [0, 0.1) is 0 Å². The summed E-state index contributed by atoms with van der Waals surface area (Å²) in [6.45, 7) is -3.30. The van der Waals surface area contributed by atoms with E-state index in [9.17, 15) is 8.78 Å². The molecule has 0 atom stereocenters. The number of nitrogens with zero attached hydrogens (tertiary/aromatic N) is 1. The SMILES string of the molecule is OCc1ncccc1OC(F)F. The topological polar surface area (TPSA) is 42.4 Å². The number of aliphatic hydroxyl groups is 1. The molecule has 1 aromatic rings. The number of ether oxygens (including phenoxy) is 1. The highest BCUT2D eigenvalue weighted by atomic mass is 19.3. The Kier molecular flexibility index (Phi) is 2.93. The summed E-state index contributed by atoms with van der Waals surface area (Å²) in [5.74, 6) is -0.0880. The van der Waals surface area contributed by atoms with Crippen molar-refractivity contribution in [3.05, 3.63) is 24.0 Å². The van der Waals surface area contributed by atoms with E-state index >= 15 is 0 Å². The molecule has 0 saturated heterocycles. The first-order chi connectivity index (χ1) is 5.74. The normalized spacial score (nSPS) is 10.3. The fraction of sp³-hybridized carbons (Fsp3) is 0.286. The Hall–Kier alpha value is -1.23. The van der Waals surface area contributed by atoms with Crippen LogP contribution in [0.5, 0.6) is 5.75 Å². The van der Waals surface area contributed by atoms with Gasteiger partial charge in [-0.2, -0.15) is 8.78 Å². The first-order valence-corrected chi connectivity index (χ1v) is 3.23. The third-order valence-corrected chi connectivity index (χ3v) is 1.21. The summed E-state index contributed by atoms with van der Waals surface area (Å²) in [4.78, 5) is 3.64. The number of halogens is 2. The van der Waals surface area contributed by atoms with Crippen LogP contribution in [0.3, 0.4) is 0 Å². The number of aliphatic hydroxyl groups excluding tert-OH is 1. The first kappa shape index (κ1) is 8.86. The van der Waals surface area contributed by atoms with Gasteiger partial charge in [0, 0.05) is 6.20 Å². The molecule has 0 aliphatic heterocycles. The Morgan fingerprint density at radius 2 is 2.33 bits per heavy atom. The van der Waals surface area contributed by atoms with Crippen molar-refractivity contribution in [2.75, 3.05) is 0 Å². The fourth-order valence-electron chi connectivity index (χ4n) is 0.745. The molecule has 0 spiro atoms. The van der Waals surface area contributed by atoms with Crippen LogP contribution in [0.25, 0.3) is 0 Å². The molecule has 0 aliphatic rings. The summed E-state index contributed by atoms with van der Waals surface area (Å²) < 4.78 is 27.5. The number of alkyl halides is 2. The third kappa shape index (κ3) is 2.13. The minimum Gasteiger partial charge on any atom is -0.433 e. The molecule has 1 rings (SSSR count). The molecular weight excluding hydrogens is 168 g/mol. The van der Waals surface area contributed by atoms with Crippen LogP contribution in [0.1, 0.15) is 5.69 Å². The molecule has 0 radical (unpaired) electrons. The minimum atomic E-state index is -2.89. The van der Waals surface area contributed by atoms with Crippen molar-refractivity contribution in [1.82, 2.24) is 4.98 Å². The summed E-state index contributed by atoms with van der Waals surface area (Å²) in [5.41, 5.74) is 0.109. The summed E-state index contributed by atoms with van der Waals surface area (Å²) in [6, 6.07) is 2.78. The minimum absolute atomic E-state index is 0.0880. The average molecular weight is 175 g/mol. The van der Waals surface area contributed by atoms with Crippen molar-refractivity contribution in [3.8, 4) is 5.75 Å². The lowest BCUT2D eigenvalue weighted by atomic mass is 10.3. The van der Waals surface area contributed by atoms with Crippen LogP contribution in [-0.2, 0) is 6.61 Å². The van der Waals surface area contributed by atoms with E-state index in [0.717, 1.165) is 0 Å². The molecule has 5 heteroatoms. The third-order valence-electron chi connectivity index (χ3n) is 1.21. The zero-order chi connectivity index (χ0) is 8.97. The molecule has 0 saturated carbocycles. The Morgan fingerprint density at radius 1 is 1.58 bits per heavy atom. The number of rotatable bonds is 3. The second-order valence-corrected chi connectivity index (χ2v) is 1.98. The quantitative estimate of drug-likeness (QED) is 0.749. The maximum absolute atomic E-state index is 11.7. The van der Waals surface area contributed by atoms with Crippen molar-refractivity contribution in [3.63, 3.8) is 0 Å². The first-order valence-electron chi connectivity index (χ1n) is 3.23. The van der Waals surface area contributed by atoms with Crippen LogP contribution < -0.4 is 4.74 Å². The zero-order valence-corrected chi connectivity index (χ0v) is 6.08. The van der Waals surface area contributed by atoms with Gasteiger partial charge < -0.3 is 9.84 Å². The number of hydrogen-bond acceptors (Lipinski definition) is 3. The molecule has 0 amide bonds. The Morgan fingerprint density at radius 3 is 2.92 bits per heavy atom. The van der Waals surface area contributed by atoms with Crippen molar-refractivity contribution in [2.45, 2.75) is 13.2 Å². The van der Waals surface area contributed by atoms with E-state index in [-0.39, 0.29) is 11.4 Å². The lowest BCUT2D eigenvalue weighted by Gasteiger charge is -2.06.